The van der Waals surface area contributed by atoms with Crippen molar-refractivity contribution in [1.29, 1.82) is 0 Å². The number of nitrogens with zero attached hydrogens (tertiary/aromatic N) is 3. The number of rotatable bonds is 5. The highest BCUT2D eigenvalue weighted by Gasteiger charge is 2.27. The largest absolute Gasteiger partial charge is 0.481 e. The average Bonchev–Trinajstić information content (AvgIpc) is 3.05. The van der Waals surface area contributed by atoms with Crippen molar-refractivity contribution < 1.29 is 23.9 Å². The lowest BCUT2D eigenvalue weighted by Crippen LogP contribution is -2.34. The van der Waals surface area contributed by atoms with Crippen LogP contribution in [0.25, 0.3) is 11.3 Å². The van der Waals surface area contributed by atoms with Gasteiger partial charge in [-0.1, -0.05) is 17.3 Å². The molecule has 0 aliphatic carbocycles. The van der Waals surface area contributed by atoms with Crippen molar-refractivity contribution in [2.75, 3.05) is 6.61 Å². The van der Waals surface area contributed by atoms with E-state index < -0.39 is 23.5 Å². The summed E-state index contributed by atoms with van der Waals surface area (Å²) in [6.45, 7) is 5.12. The Morgan fingerprint density at radius 1 is 1.28 bits per heavy atom. The molecule has 29 heavy (non-hydrogen) atoms. The van der Waals surface area contributed by atoms with Gasteiger partial charge in [-0.05, 0) is 45.7 Å². The molecule has 0 spiro atoms. The smallest absolute Gasteiger partial charge is 0.344 e. The highest BCUT2D eigenvalue weighted by molar-refractivity contribution is 5.97. The predicted molar refractivity (Wildman–Crippen MR) is 103 cm³/mol. The number of aromatic nitrogens is 3. The molecule has 1 fully saturated rings. The second-order valence-corrected chi connectivity index (χ2v) is 7.78. The molecule has 154 valence electrons. The lowest BCUT2D eigenvalue weighted by atomic mass is 10.1. The minimum Gasteiger partial charge on any atom is -0.481 e. The zero-order valence-electron chi connectivity index (χ0n) is 16.7. The van der Waals surface area contributed by atoms with E-state index in [4.69, 9.17) is 9.47 Å². The summed E-state index contributed by atoms with van der Waals surface area (Å²) in [6.07, 6.45) is 3.03. The molecule has 1 aromatic carbocycles. The van der Waals surface area contributed by atoms with Crippen molar-refractivity contribution in [1.82, 2.24) is 20.3 Å². The van der Waals surface area contributed by atoms with Gasteiger partial charge in [0, 0.05) is 12.0 Å². The Bertz CT molecular complexity index is 916. The molecule has 1 unspecified atom stereocenters. The second kappa shape index (κ2) is 8.42. The third kappa shape index (κ3) is 5.40. The fraction of sp³-hybridized carbons (Fsp3) is 0.450. The van der Waals surface area contributed by atoms with Gasteiger partial charge in [-0.2, -0.15) is 0 Å². The van der Waals surface area contributed by atoms with Gasteiger partial charge in [0.2, 0.25) is 5.91 Å². The van der Waals surface area contributed by atoms with E-state index >= 15 is 0 Å². The first-order chi connectivity index (χ1) is 13.7. The van der Waals surface area contributed by atoms with Crippen molar-refractivity contribution in [3.05, 3.63) is 30.5 Å². The first-order valence-corrected chi connectivity index (χ1v) is 9.42. The van der Waals surface area contributed by atoms with Crippen LogP contribution in [0.1, 0.15) is 46.1 Å². The van der Waals surface area contributed by atoms with Crippen LogP contribution in [0, 0.1) is 0 Å². The molecule has 1 aliphatic rings. The first kappa shape index (κ1) is 20.5. The number of hydrogen-bond acceptors (Lipinski definition) is 7. The molecular weight excluding hydrogens is 376 g/mol. The van der Waals surface area contributed by atoms with Gasteiger partial charge in [0.05, 0.1) is 6.20 Å². The number of imide groups is 1. The molecule has 1 atom stereocenters. The van der Waals surface area contributed by atoms with E-state index in [9.17, 15) is 14.4 Å². The third-order valence-corrected chi connectivity index (χ3v) is 4.20. The summed E-state index contributed by atoms with van der Waals surface area (Å²) >= 11 is 0. The summed E-state index contributed by atoms with van der Waals surface area (Å²) in [5.41, 5.74) is 0.532. The number of para-hydroxylation sites is 1. The highest BCUT2D eigenvalue weighted by atomic mass is 16.6. The minimum atomic E-state index is -0.599. The van der Waals surface area contributed by atoms with E-state index in [2.05, 4.69) is 15.6 Å². The average molecular weight is 400 g/mol. The van der Waals surface area contributed by atoms with Gasteiger partial charge < -0.3 is 9.47 Å². The molecule has 1 saturated heterocycles. The van der Waals surface area contributed by atoms with E-state index in [1.54, 1.807) is 45.2 Å². The van der Waals surface area contributed by atoms with Gasteiger partial charge in [-0.3, -0.25) is 14.9 Å². The van der Waals surface area contributed by atoms with Crippen LogP contribution >= 0.6 is 0 Å². The summed E-state index contributed by atoms with van der Waals surface area (Å²) in [5.74, 6) is -0.696. The molecule has 9 heteroatoms. The van der Waals surface area contributed by atoms with Gasteiger partial charge in [0.25, 0.3) is 5.91 Å². The lowest BCUT2D eigenvalue weighted by Gasteiger charge is -2.19. The topological polar surface area (TPSA) is 112 Å². The van der Waals surface area contributed by atoms with Crippen molar-refractivity contribution >= 4 is 17.8 Å². The van der Waals surface area contributed by atoms with Crippen molar-refractivity contribution in [2.24, 2.45) is 0 Å². The monoisotopic (exact) mass is 400 g/mol. The van der Waals surface area contributed by atoms with Crippen LogP contribution in [0.3, 0.4) is 0 Å². The number of ether oxygens (including phenoxy) is 2. The molecule has 3 rings (SSSR count). The quantitative estimate of drug-likeness (QED) is 0.604. The molecule has 2 heterocycles. The Balaban J connectivity index is 1.76. The van der Waals surface area contributed by atoms with Crippen LogP contribution in [0.5, 0.6) is 5.75 Å². The fourth-order valence-corrected chi connectivity index (χ4v) is 2.99. The van der Waals surface area contributed by atoms with Gasteiger partial charge in [-0.25, -0.2) is 9.48 Å². The minimum absolute atomic E-state index is 0.241. The Morgan fingerprint density at radius 2 is 2.03 bits per heavy atom. The molecular formula is C20H24N4O5. The molecule has 0 radical (unpaired) electrons. The van der Waals surface area contributed by atoms with E-state index in [0.717, 1.165) is 0 Å². The summed E-state index contributed by atoms with van der Waals surface area (Å²) in [4.78, 5) is 35.7. The molecule has 1 aliphatic heterocycles. The van der Waals surface area contributed by atoms with Crippen molar-refractivity contribution in [2.45, 2.75) is 51.7 Å². The molecule has 9 nitrogen and oxygen atoms in total. The van der Waals surface area contributed by atoms with Gasteiger partial charge in [-0.15, -0.1) is 5.10 Å². The van der Waals surface area contributed by atoms with Crippen LogP contribution < -0.4 is 10.1 Å². The van der Waals surface area contributed by atoms with E-state index in [0.29, 0.717) is 36.3 Å². The maximum atomic E-state index is 12.2. The van der Waals surface area contributed by atoms with Crippen LogP contribution in [-0.4, -0.2) is 45.0 Å². The molecule has 0 bridgehead atoms. The van der Waals surface area contributed by atoms with Crippen LogP contribution in [0.15, 0.2) is 30.5 Å². The molecule has 2 amide bonds. The number of carbonyl (C=O) groups is 3. The first-order valence-electron chi connectivity index (χ1n) is 9.42. The Hall–Kier alpha value is -3.23. The standard InChI is InChI=1S/C20H24N4O5/c1-20(2,3)29-18(26)12-28-16-9-5-4-7-13(16)14-11-24(23-22-14)15-8-6-10-17(25)21-19(15)27/h4-5,7,9,11,15H,6,8,10,12H2,1-3H3,(H,21,25,27). The maximum Gasteiger partial charge on any atom is 0.344 e. The normalized spacial score (nSPS) is 17.4. The molecule has 2 aromatic rings. The zero-order chi connectivity index (χ0) is 21.0. The Morgan fingerprint density at radius 3 is 2.79 bits per heavy atom. The van der Waals surface area contributed by atoms with Crippen LogP contribution in [0.2, 0.25) is 0 Å². The molecule has 1 N–H and O–H groups in total. The Kier molecular flexibility index (Phi) is 5.95. The summed E-state index contributed by atoms with van der Waals surface area (Å²) < 4.78 is 12.3. The summed E-state index contributed by atoms with van der Waals surface area (Å²) in [5, 5.41) is 10.6. The lowest BCUT2D eigenvalue weighted by molar-refractivity contribution is -0.157. The highest BCUT2D eigenvalue weighted by Crippen LogP contribution is 2.29. The second-order valence-electron chi connectivity index (χ2n) is 7.78. The third-order valence-electron chi connectivity index (χ3n) is 4.20. The number of carbonyl (C=O) groups excluding carboxylic acids is 3. The summed E-state index contributed by atoms with van der Waals surface area (Å²) in [6, 6.07) is 6.50. The number of benzene rings is 1. The zero-order valence-corrected chi connectivity index (χ0v) is 16.7. The van der Waals surface area contributed by atoms with Gasteiger partial charge in [0.1, 0.15) is 23.1 Å². The van der Waals surface area contributed by atoms with Gasteiger partial charge in [0.15, 0.2) is 6.61 Å². The van der Waals surface area contributed by atoms with Crippen LogP contribution in [0.4, 0.5) is 0 Å². The van der Waals surface area contributed by atoms with Crippen LogP contribution in [-0.2, 0) is 19.1 Å². The number of esters is 1. The number of nitrogens with one attached hydrogen (secondary N) is 1. The molecule has 0 saturated carbocycles. The van der Waals surface area contributed by atoms with Crippen molar-refractivity contribution in [3.63, 3.8) is 0 Å². The predicted octanol–water partition coefficient (Wildman–Crippen LogP) is 2.03. The molecule has 1 aromatic heterocycles. The number of amides is 2. The van der Waals surface area contributed by atoms with Gasteiger partial charge >= 0.3 is 5.97 Å². The van der Waals surface area contributed by atoms with E-state index in [1.807, 2.05) is 6.07 Å². The summed E-state index contributed by atoms with van der Waals surface area (Å²) in [7, 11) is 0. The Labute approximate surface area is 168 Å². The van der Waals surface area contributed by atoms with E-state index in [-0.39, 0.29) is 12.5 Å². The number of hydrogen-bond donors (Lipinski definition) is 1. The fourth-order valence-electron chi connectivity index (χ4n) is 2.99. The van der Waals surface area contributed by atoms with Crippen molar-refractivity contribution in [3.8, 4) is 17.0 Å². The SMILES string of the molecule is CC(C)(C)OC(=O)COc1ccccc1-c1cn(C2CCCC(=O)NC2=O)nn1. The van der Waals surface area contributed by atoms with E-state index in [1.165, 1.54) is 4.68 Å². The maximum absolute atomic E-state index is 12.2.